The van der Waals surface area contributed by atoms with E-state index in [-0.39, 0.29) is 19.8 Å². The summed E-state index contributed by atoms with van der Waals surface area (Å²) in [4.78, 5) is 11.6. The van der Waals surface area contributed by atoms with Crippen LogP contribution >= 0.6 is 0 Å². The number of carbonyl (C=O) groups excluding carboxylic acids is 1. The van der Waals surface area contributed by atoms with Crippen LogP contribution in [0.15, 0.2) is 78.9 Å². The summed E-state index contributed by atoms with van der Waals surface area (Å²) in [5, 5.41) is 9.29. The minimum Gasteiger partial charge on any atom is -0.489 e. The number of hydrogen-bond acceptors (Lipinski definition) is 4. The van der Waals surface area contributed by atoms with Crippen molar-refractivity contribution in [2.45, 2.75) is 20.5 Å². The summed E-state index contributed by atoms with van der Waals surface area (Å²) < 4.78 is 11.1. The average molecular weight is 402 g/mol. The normalized spacial score (nSPS) is 10.5. The highest BCUT2D eigenvalue weighted by molar-refractivity contribution is 5.86. The molecule has 4 nitrogen and oxygen atoms in total. The second kappa shape index (κ2) is 9.90. The van der Waals surface area contributed by atoms with Crippen molar-refractivity contribution in [3.05, 3.63) is 90.0 Å². The molecule has 30 heavy (non-hydrogen) atoms. The fourth-order valence-electron chi connectivity index (χ4n) is 3.00. The molecule has 3 rings (SSSR count). The Kier molecular flexibility index (Phi) is 7.04. The molecule has 0 unspecified atom stereocenters. The Bertz CT molecular complexity index is 1020. The van der Waals surface area contributed by atoms with Crippen LogP contribution in [0.5, 0.6) is 5.75 Å². The standard InChI is InChI=1S/C26H26O4/c1-18(2)26(28)30-15-14-29-25-16-23(21-8-4-19(3)5-9-21)12-13-24(25)22-10-6-20(17-27)7-11-22/h4-13,16,27H,1,14-15,17H2,2-3H3. The van der Waals surface area contributed by atoms with Crippen molar-refractivity contribution < 1.29 is 19.4 Å². The fourth-order valence-corrected chi connectivity index (χ4v) is 3.00. The van der Waals surface area contributed by atoms with Gasteiger partial charge in [-0.05, 0) is 42.2 Å². The number of carbonyl (C=O) groups is 1. The van der Waals surface area contributed by atoms with E-state index in [1.807, 2.05) is 36.4 Å². The summed E-state index contributed by atoms with van der Waals surface area (Å²) in [7, 11) is 0. The lowest BCUT2D eigenvalue weighted by molar-refractivity contribution is -0.139. The van der Waals surface area contributed by atoms with Crippen LogP contribution in [0, 0.1) is 6.92 Å². The Balaban J connectivity index is 1.87. The highest BCUT2D eigenvalue weighted by Gasteiger charge is 2.10. The molecule has 0 bridgehead atoms. The Labute approximate surface area is 177 Å². The maximum Gasteiger partial charge on any atom is 0.333 e. The Morgan fingerprint density at radius 2 is 1.53 bits per heavy atom. The minimum atomic E-state index is -0.424. The van der Waals surface area contributed by atoms with Crippen molar-refractivity contribution in [1.82, 2.24) is 0 Å². The van der Waals surface area contributed by atoms with Crippen LogP contribution in [-0.2, 0) is 16.1 Å². The Hall–Kier alpha value is -3.37. The number of aryl methyl sites for hydroxylation is 1. The predicted octanol–water partition coefficient (Wildman–Crippen LogP) is 5.32. The second-order valence-electron chi connectivity index (χ2n) is 7.20. The Morgan fingerprint density at radius 1 is 0.900 bits per heavy atom. The van der Waals surface area contributed by atoms with Crippen molar-refractivity contribution in [2.75, 3.05) is 13.2 Å². The number of aliphatic hydroxyl groups is 1. The summed E-state index contributed by atoms with van der Waals surface area (Å²) in [5.74, 6) is 0.281. The van der Waals surface area contributed by atoms with E-state index in [0.717, 1.165) is 27.8 Å². The molecule has 3 aromatic rings. The van der Waals surface area contributed by atoms with Gasteiger partial charge in [-0.1, -0.05) is 72.8 Å². The maximum atomic E-state index is 11.6. The molecule has 0 saturated carbocycles. The van der Waals surface area contributed by atoms with Gasteiger partial charge in [0, 0.05) is 11.1 Å². The molecule has 0 saturated heterocycles. The number of ether oxygens (including phenoxy) is 2. The van der Waals surface area contributed by atoms with Gasteiger partial charge in [-0.3, -0.25) is 0 Å². The number of esters is 1. The van der Waals surface area contributed by atoms with E-state index in [0.29, 0.717) is 11.3 Å². The molecule has 0 fully saturated rings. The van der Waals surface area contributed by atoms with E-state index < -0.39 is 5.97 Å². The van der Waals surface area contributed by atoms with Crippen LogP contribution < -0.4 is 4.74 Å². The van der Waals surface area contributed by atoms with E-state index >= 15 is 0 Å². The average Bonchev–Trinajstić information content (AvgIpc) is 2.77. The third-order valence-corrected chi connectivity index (χ3v) is 4.74. The largest absolute Gasteiger partial charge is 0.489 e. The van der Waals surface area contributed by atoms with Crippen LogP contribution in [0.3, 0.4) is 0 Å². The van der Waals surface area contributed by atoms with Crippen molar-refractivity contribution in [1.29, 1.82) is 0 Å². The smallest absolute Gasteiger partial charge is 0.333 e. The van der Waals surface area contributed by atoms with E-state index in [2.05, 4.69) is 43.8 Å². The van der Waals surface area contributed by atoms with Crippen molar-refractivity contribution in [3.63, 3.8) is 0 Å². The quantitative estimate of drug-likeness (QED) is 0.315. The van der Waals surface area contributed by atoms with Gasteiger partial charge < -0.3 is 14.6 Å². The molecule has 3 aromatic carbocycles. The molecule has 1 N–H and O–H groups in total. The third kappa shape index (κ3) is 5.37. The number of aliphatic hydroxyl groups excluding tert-OH is 1. The van der Waals surface area contributed by atoms with E-state index in [1.54, 1.807) is 6.92 Å². The third-order valence-electron chi connectivity index (χ3n) is 4.74. The van der Waals surface area contributed by atoms with Gasteiger partial charge in [0.15, 0.2) is 0 Å². The molecule has 0 aromatic heterocycles. The highest BCUT2D eigenvalue weighted by atomic mass is 16.6. The first-order chi connectivity index (χ1) is 14.5. The summed E-state index contributed by atoms with van der Waals surface area (Å²) in [6.07, 6.45) is 0. The number of benzene rings is 3. The lowest BCUT2D eigenvalue weighted by Gasteiger charge is -2.15. The molecular formula is C26H26O4. The molecular weight excluding hydrogens is 376 g/mol. The van der Waals surface area contributed by atoms with Crippen LogP contribution in [0.4, 0.5) is 0 Å². The molecule has 0 radical (unpaired) electrons. The summed E-state index contributed by atoms with van der Waals surface area (Å²) in [6, 6.07) is 22.1. The van der Waals surface area contributed by atoms with Crippen LogP contribution in [0.1, 0.15) is 18.1 Å². The predicted molar refractivity (Wildman–Crippen MR) is 119 cm³/mol. The zero-order valence-corrected chi connectivity index (χ0v) is 17.4. The topological polar surface area (TPSA) is 55.8 Å². The highest BCUT2D eigenvalue weighted by Crippen LogP contribution is 2.34. The fraction of sp³-hybridized carbons (Fsp3) is 0.192. The van der Waals surface area contributed by atoms with Crippen LogP contribution in [0.2, 0.25) is 0 Å². The lowest BCUT2D eigenvalue weighted by Crippen LogP contribution is -2.12. The second-order valence-corrected chi connectivity index (χ2v) is 7.20. The van der Waals surface area contributed by atoms with Gasteiger partial charge in [0.2, 0.25) is 0 Å². The van der Waals surface area contributed by atoms with Gasteiger partial charge in [0.05, 0.1) is 6.61 Å². The molecule has 0 heterocycles. The molecule has 154 valence electrons. The zero-order chi connectivity index (χ0) is 21.5. The van der Waals surface area contributed by atoms with Gasteiger partial charge in [-0.15, -0.1) is 0 Å². The van der Waals surface area contributed by atoms with Crippen molar-refractivity contribution in [3.8, 4) is 28.0 Å². The molecule has 0 amide bonds. The summed E-state index contributed by atoms with van der Waals surface area (Å²) in [6.45, 7) is 7.63. The Morgan fingerprint density at radius 3 is 2.17 bits per heavy atom. The first-order valence-corrected chi connectivity index (χ1v) is 9.84. The van der Waals surface area contributed by atoms with Crippen LogP contribution in [0.25, 0.3) is 22.3 Å². The number of hydrogen-bond donors (Lipinski definition) is 1. The summed E-state index contributed by atoms with van der Waals surface area (Å²) >= 11 is 0. The van der Waals surface area contributed by atoms with Gasteiger partial charge in [0.25, 0.3) is 0 Å². The molecule has 0 atom stereocenters. The first kappa shape index (κ1) is 21.3. The summed E-state index contributed by atoms with van der Waals surface area (Å²) in [5.41, 5.74) is 6.47. The van der Waals surface area contributed by atoms with Gasteiger partial charge in [-0.2, -0.15) is 0 Å². The lowest BCUT2D eigenvalue weighted by atomic mass is 9.98. The molecule has 0 aliphatic rings. The van der Waals surface area contributed by atoms with E-state index in [9.17, 15) is 9.90 Å². The number of rotatable bonds is 8. The van der Waals surface area contributed by atoms with Gasteiger partial charge in [0.1, 0.15) is 19.0 Å². The van der Waals surface area contributed by atoms with Gasteiger partial charge in [-0.25, -0.2) is 4.79 Å². The van der Waals surface area contributed by atoms with Crippen molar-refractivity contribution in [2.24, 2.45) is 0 Å². The minimum absolute atomic E-state index is 0.00405. The zero-order valence-electron chi connectivity index (χ0n) is 17.4. The molecule has 0 aliphatic heterocycles. The SMILES string of the molecule is C=C(C)C(=O)OCCOc1cc(-c2ccc(C)cc2)ccc1-c1ccc(CO)cc1. The molecule has 4 heteroatoms. The van der Waals surface area contributed by atoms with Crippen molar-refractivity contribution >= 4 is 5.97 Å². The molecule has 0 aliphatic carbocycles. The molecule has 0 spiro atoms. The van der Waals surface area contributed by atoms with E-state index in [1.165, 1.54) is 5.56 Å². The maximum absolute atomic E-state index is 11.6. The van der Waals surface area contributed by atoms with Crippen LogP contribution in [-0.4, -0.2) is 24.3 Å². The monoisotopic (exact) mass is 402 g/mol. The first-order valence-electron chi connectivity index (χ1n) is 9.84. The van der Waals surface area contributed by atoms with Gasteiger partial charge >= 0.3 is 5.97 Å². The van der Waals surface area contributed by atoms with E-state index in [4.69, 9.17) is 9.47 Å².